The molecule has 0 saturated carbocycles. The molecule has 0 fully saturated rings. The third-order valence-electron chi connectivity index (χ3n) is 2.45. The van der Waals surface area contributed by atoms with Gasteiger partial charge < -0.3 is 10.5 Å². The lowest BCUT2D eigenvalue weighted by molar-refractivity contribution is 0.182. The zero-order chi connectivity index (χ0) is 11.7. The second-order valence-corrected chi connectivity index (χ2v) is 4.67. The first-order chi connectivity index (χ1) is 7.61. The molecule has 0 atom stereocenters. The highest BCUT2D eigenvalue weighted by Gasteiger charge is 2.06. The second-order valence-electron chi connectivity index (χ2n) is 3.75. The highest BCUT2D eigenvalue weighted by atomic mass is 79.9. The minimum atomic E-state index is 0.482. The van der Waals surface area contributed by atoms with Crippen molar-refractivity contribution in [3.05, 3.63) is 33.9 Å². The van der Waals surface area contributed by atoms with E-state index in [9.17, 15) is 0 Å². The van der Waals surface area contributed by atoms with E-state index in [0.29, 0.717) is 6.61 Å². The number of hydrogen-bond acceptors (Lipinski definition) is 3. The van der Waals surface area contributed by atoms with Crippen molar-refractivity contribution in [3.63, 3.8) is 0 Å². The van der Waals surface area contributed by atoms with Crippen LogP contribution < -0.4 is 5.73 Å². The van der Waals surface area contributed by atoms with Crippen molar-refractivity contribution in [1.29, 1.82) is 0 Å². The van der Waals surface area contributed by atoms with Crippen LogP contribution in [0.25, 0.3) is 10.9 Å². The molecule has 0 aliphatic heterocycles. The summed E-state index contributed by atoms with van der Waals surface area (Å²) in [6, 6.07) is 5.88. The average Bonchev–Trinajstić information content (AvgIpc) is 2.20. The van der Waals surface area contributed by atoms with Crippen LogP contribution in [-0.4, -0.2) is 12.1 Å². The summed E-state index contributed by atoms with van der Waals surface area (Å²) < 4.78 is 6.09. The van der Waals surface area contributed by atoms with Gasteiger partial charge in [0.15, 0.2) is 0 Å². The number of nitrogen functional groups attached to an aromatic ring is 1. The molecular formula is C12H13BrN2O. The molecule has 16 heavy (non-hydrogen) atoms. The van der Waals surface area contributed by atoms with Crippen molar-refractivity contribution in [3.8, 4) is 0 Å². The number of anilines is 1. The van der Waals surface area contributed by atoms with Gasteiger partial charge in [-0.2, -0.15) is 0 Å². The summed E-state index contributed by atoms with van der Waals surface area (Å²) in [5.41, 5.74) is 9.65. The lowest BCUT2D eigenvalue weighted by atomic mass is 10.1. The highest BCUT2D eigenvalue weighted by molar-refractivity contribution is 9.10. The number of hydrogen-bond donors (Lipinski definition) is 1. The largest absolute Gasteiger partial charge is 0.398 e. The number of rotatable bonds is 2. The van der Waals surface area contributed by atoms with Crippen LogP contribution >= 0.6 is 15.9 Å². The summed E-state index contributed by atoms with van der Waals surface area (Å²) in [5.74, 6) is 0. The van der Waals surface area contributed by atoms with Gasteiger partial charge in [-0.1, -0.05) is 15.9 Å². The first kappa shape index (κ1) is 11.4. The van der Waals surface area contributed by atoms with Gasteiger partial charge in [0.1, 0.15) is 0 Å². The Labute approximate surface area is 103 Å². The normalized spacial score (nSPS) is 10.9. The zero-order valence-electron chi connectivity index (χ0n) is 9.25. The number of fused-ring (bicyclic) bond motifs is 1. The molecular weight excluding hydrogens is 268 g/mol. The molecule has 0 aliphatic carbocycles. The Morgan fingerprint density at radius 2 is 2.12 bits per heavy atom. The van der Waals surface area contributed by atoms with Crippen LogP contribution in [0.3, 0.4) is 0 Å². The fraction of sp³-hybridized carbons (Fsp3) is 0.250. The number of ether oxygens (including phenoxy) is 1. The third-order valence-corrected chi connectivity index (χ3v) is 2.90. The van der Waals surface area contributed by atoms with Gasteiger partial charge in [0, 0.05) is 22.7 Å². The molecule has 1 aromatic heterocycles. The number of halogens is 1. The monoisotopic (exact) mass is 280 g/mol. The molecule has 1 heterocycles. The van der Waals surface area contributed by atoms with Gasteiger partial charge in [0.05, 0.1) is 17.8 Å². The Bertz CT molecular complexity index is 540. The summed E-state index contributed by atoms with van der Waals surface area (Å²) in [4.78, 5) is 4.54. The molecule has 0 radical (unpaired) electrons. The third kappa shape index (κ3) is 2.03. The zero-order valence-corrected chi connectivity index (χ0v) is 10.8. The van der Waals surface area contributed by atoms with Crippen LogP contribution in [0.5, 0.6) is 0 Å². The van der Waals surface area contributed by atoms with Crippen LogP contribution in [0.2, 0.25) is 0 Å². The standard InChI is InChI=1S/C12H13BrN2O/c1-7-3-8(13)4-10-11(14)5-9(6-16-2)15-12(7)10/h3-5H,6H2,1-2H3,(H2,14,15). The number of aromatic nitrogens is 1. The molecule has 0 unspecified atom stereocenters. The van der Waals surface area contributed by atoms with Gasteiger partial charge in [0.2, 0.25) is 0 Å². The maximum absolute atomic E-state index is 6.01. The van der Waals surface area contributed by atoms with Gasteiger partial charge in [-0.3, -0.25) is 0 Å². The topological polar surface area (TPSA) is 48.1 Å². The Hall–Kier alpha value is -1.13. The van der Waals surface area contributed by atoms with Crippen molar-refractivity contribution in [2.75, 3.05) is 12.8 Å². The first-order valence-electron chi connectivity index (χ1n) is 4.96. The van der Waals surface area contributed by atoms with Crippen LogP contribution in [0, 0.1) is 6.92 Å². The SMILES string of the molecule is COCc1cc(N)c2cc(Br)cc(C)c2n1. The fourth-order valence-electron chi connectivity index (χ4n) is 1.76. The molecule has 0 aliphatic rings. The Morgan fingerprint density at radius 1 is 1.38 bits per heavy atom. The van der Waals surface area contributed by atoms with Crippen LogP contribution in [0.4, 0.5) is 5.69 Å². The van der Waals surface area contributed by atoms with E-state index in [0.717, 1.165) is 32.3 Å². The molecule has 2 rings (SSSR count). The van der Waals surface area contributed by atoms with Crippen molar-refractivity contribution >= 4 is 32.5 Å². The van der Waals surface area contributed by atoms with Gasteiger partial charge >= 0.3 is 0 Å². The molecule has 0 saturated heterocycles. The van der Waals surface area contributed by atoms with E-state index in [1.54, 1.807) is 7.11 Å². The fourth-order valence-corrected chi connectivity index (χ4v) is 2.33. The van der Waals surface area contributed by atoms with E-state index >= 15 is 0 Å². The number of methoxy groups -OCH3 is 1. The molecule has 0 bridgehead atoms. The number of nitrogens with zero attached hydrogens (tertiary/aromatic N) is 1. The van der Waals surface area contributed by atoms with Crippen LogP contribution in [0.15, 0.2) is 22.7 Å². The predicted octanol–water partition coefficient (Wildman–Crippen LogP) is 3.03. The van der Waals surface area contributed by atoms with E-state index < -0.39 is 0 Å². The molecule has 2 N–H and O–H groups in total. The molecule has 2 aromatic rings. The number of benzene rings is 1. The molecule has 0 spiro atoms. The first-order valence-corrected chi connectivity index (χ1v) is 5.75. The smallest absolute Gasteiger partial charge is 0.0885 e. The Kier molecular flexibility index (Phi) is 3.12. The summed E-state index contributed by atoms with van der Waals surface area (Å²) >= 11 is 3.46. The van der Waals surface area contributed by atoms with Crippen molar-refractivity contribution in [2.45, 2.75) is 13.5 Å². The molecule has 3 nitrogen and oxygen atoms in total. The number of aryl methyl sites for hydroxylation is 1. The van der Waals surface area contributed by atoms with E-state index in [2.05, 4.69) is 20.9 Å². The second kappa shape index (κ2) is 4.39. The number of pyridine rings is 1. The van der Waals surface area contributed by atoms with E-state index in [-0.39, 0.29) is 0 Å². The van der Waals surface area contributed by atoms with E-state index in [1.165, 1.54) is 0 Å². The maximum atomic E-state index is 6.01. The van der Waals surface area contributed by atoms with E-state index in [4.69, 9.17) is 10.5 Å². The van der Waals surface area contributed by atoms with Crippen molar-refractivity contribution in [2.24, 2.45) is 0 Å². The summed E-state index contributed by atoms with van der Waals surface area (Å²) in [5, 5.41) is 0.978. The van der Waals surface area contributed by atoms with Gasteiger partial charge in [-0.15, -0.1) is 0 Å². The lowest BCUT2D eigenvalue weighted by Gasteiger charge is -2.08. The molecule has 1 aromatic carbocycles. The van der Waals surface area contributed by atoms with E-state index in [1.807, 2.05) is 25.1 Å². The Balaban J connectivity index is 2.71. The summed E-state index contributed by atoms with van der Waals surface area (Å²) in [6.07, 6.45) is 0. The minimum absolute atomic E-state index is 0.482. The van der Waals surface area contributed by atoms with Gasteiger partial charge in [0.25, 0.3) is 0 Å². The van der Waals surface area contributed by atoms with Crippen molar-refractivity contribution < 1.29 is 4.74 Å². The Morgan fingerprint density at radius 3 is 2.81 bits per heavy atom. The predicted molar refractivity (Wildman–Crippen MR) is 69.3 cm³/mol. The lowest BCUT2D eigenvalue weighted by Crippen LogP contribution is -1.98. The molecule has 0 amide bonds. The molecule has 84 valence electrons. The summed E-state index contributed by atoms with van der Waals surface area (Å²) in [7, 11) is 1.65. The minimum Gasteiger partial charge on any atom is -0.398 e. The highest BCUT2D eigenvalue weighted by Crippen LogP contribution is 2.27. The van der Waals surface area contributed by atoms with Crippen LogP contribution in [0.1, 0.15) is 11.3 Å². The maximum Gasteiger partial charge on any atom is 0.0885 e. The quantitative estimate of drug-likeness (QED) is 0.920. The summed E-state index contributed by atoms with van der Waals surface area (Å²) in [6.45, 7) is 2.51. The van der Waals surface area contributed by atoms with Crippen molar-refractivity contribution in [1.82, 2.24) is 4.98 Å². The molecule has 4 heteroatoms. The average molecular weight is 281 g/mol. The van der Waals surface area contributed by atoms with Gasteiger partial charge in [-0.05, 0) is 30.7 Å². The number of nitrogens with two attached hydrogens (primary N) is 1. The van der Waals surface area contributed by atoms with Gasteiger partial charge in [-0.25, -0.2) is 4.98 Å². The van der Waals surface area contributed by atoms with Crippen LogP contribution in [-0.2, 0) is 11.3 Å².